The lowest BCUT2D eigenvalue weighted by Gasteiger charge is -2.42. The van der Waals surface area contributed by atoms with Gasteiger partial charge in [-0.3, -0.25) is 5.32 Å². The number of ether oxygens (including phenoxy) is 3. The minimum Gasteiger partial charge on any atom is -0.379 e. The van der Waals surface area contributed by atoms with Crippen LogP contribution >= 0.6 is 0 Å². The van der Waals surface area contributed by atoms with Gasteiger partial charge in [0.2, 0.25) is 0 Å². The molecule has 6 heteroatoms. The Labute approximate surface area is 159 Å². The van der Waals surface area contributed by atoms with Gasteiger partial charge in [0, 0.05) is 39.5 Å². The molecule has 3 aliphatic rings. The first-order chi connectivity index (χ1) is 12.7. The third kappa shape index (κ3) is 5.40. The molecule has 152 valence electrons. The lowest BCUT2D eigenvalue weighted by molar-refractivity contribution is -0.135. The van der Waals surface area contributed by atoms with Crippen molar-refractivity contribution in [1.29, 1.82) is 0 Å². The maximum absolute atomic E-state index is 5.69. The Hall–Kier alpha value is -0.240. The van der Waals surface area contributed by atoms with Crippen molar-refractivity contribution >= 4 is 0 Å². The summed E-state index contributed by atoms with van der Waals surface area (Å²) >= 11 is 0. The van der Waals surface area contributed by atoms with Crippen molar-refractivity contribution in [3.05, 3.63) is 0 Å². The summed E-state index contributed by atoms with van der Waals surface area (Å²) in [6, 6.07) is 1.76. The molecule has 26 heavy (non-hydrogen) atoms. The van der Waals surface area contributed by atoms with Gasteiger partial charge in [0.25, 0.3) is 0 Å². The summed E-state index contributed by atoms with van der Waals surface area (Å²) in [6.45, 7) is 1.08. The predicted molar refractivity (Wildman–Crippen MR) is 103 cm³/mol. The van der Waals surface area contributed by atoms with Gasteiger partial charge in [-0.05, 0) is 45.1 Å². The standard InChI is InChI=1S/C20H39N3O3/c1-24-17-11-16(12-18(25-2)20(17)26-3)23-19-13-15(9-10-21-19)22-14-7-5-4-6-8-14/h14-23H,4-13H2,1-3H3. The predicted octanol–water partition coefficient (Wildman–Crippen LogP) is 1.78. The van der Waals surface area contributed by atoms with E-state index in [1.165, 1.54) is 38.5 Å². The van der Waals surface area contributed by atoms with Gasteiger partial charge in [-0.1, -0.05) is 19.3 Å². The van der Waals surface area contributed by atoms with E-state index in [1.807, 2.05) is 0 Å². The van der Waals surface area contributed by atoms with E-state index in [-0.39, 0.29) is 18.3 Å². The van der Waals surface area contributed by atoms with Gasteiger partial charge in [0.05, 0.1) is 18.4 Å². The molecular weight excluding hydrogens is 330 g/mol. The average molecular weight is 370 g/mol. The molecule has 1 aliphatic heterocycles. The molecule has 0 aromatic carbocycles. The van der Waals surface area contributed by atoms with E-state index in [0.717, 1.165) is 31.8 Å². The van der Waals surface area contributed by atoms with Gasteiger partial charge in [0.1, 0.15) is 6.10 Å². The van der Waals surface area contributed by atoms with Crippen molar-refractivity contribution < 1.29 is 14.2 Å². The number of hydrogen-bond acceptors (Lipinski definition) is 6. The average Bonchev–Trinajstić information content (AvgIpc) is 2.68. The normalized spacial score (nSPS) is 39.8. The Morgan fingerprint density at radius 2 is 1.38 bits per heavy atom. The summed E-state index contributed by atoms with van der Waals surface area (Å²) in [5, 5.41) is 11.4. The lowest BCUT2D eigenvalue weighted by Crippen LogP contribution is -2.60. The quantitative estimate of drug-likeness (QED) is 0.636. The molecule has 3 fully saturated rings. The largest absolute Gasteiger partial charge is 0.379 e. The molecule has 0 bridgehead atoms. The molecule has 6 nitrogen and oxygen atoms in total. The van der Waals surface area contributed by atoms with Crippen LogP contribution in [-0.2, 0) is 14.2 Å². The summed E-state index contributed by atoms with van der Waals surface area (Å²) < 4.78 is 17.0. The van der Waals surface area contributed by atoms with Crippen LogP contribution < -0.4 is 16.0 Å². The summed E-state index contributed by atoms with van der Waals surface area (Å²) in [6.07, 6.45) is 11.8. The molecule has 0 aromatic rings. The van der Waals surface area contributed by atoms with Crippen LogP contribution in [0.4, 0.5) is 0 Å². The van der Waals surface area contributed by atoms with E-state index in [9.17, 15) is 0 Å². The Balaban J connectivity index is 1.49. The van der Waals surface area contributed by atoms with Gasteiger partial charge in [-0.25, -0.2) is 0 Å². The smallest absolute Gasteiger partial charge is 0.109 e. The van der Waals surface area contributed by atoms with Crippen LogP contribution in [0.1, 0.15) is 57.8 Å². The van der Waals surface area contributed by atoms with E-state index in [0.29, 0.717) is 18.2 Å². The maximum atomic E-state index is 5.69. The third-order valence-corrected chi connectivity index (χ3v) is 6.56. The number of rotatable bonds is 7. The Bertz CT molecular complexity index is 392. The summed E-state index contributed by atoms with van der Waals surface area (Å²) in [7, 11) is 5.30. The number of nitrogens with one attached hydrogen (secondary N) is 3. The molecule has 0 spiro atoms. The summed E-state index contributed by atoms with van der Waals surface area (Å²) in [5.41, 5.74) is 0. The highest BCUT2D eigenvalue weighted by Gasteiger charge is 2.39. The van der Waals surface area contributed by atoms with Crippen LogP contribution in [0.2, 0.25) is 0 Å². The van der Waals surface area contributed by atoms with Crippen molar-refractivity contribution in [1.82, 2.24) is 16.0 Å². The van der Waals surface area contributed by atoms with Gasteiger partial charge in [-0.2, -0.15) is 0 Å². The van der Waals surface area contributed by atoms with E-state index in [1.54, 1.807) is 21.3 Å². The maximum Gasteiger partial charge on any atom is 0.109 e. The van der Waals surface area contributed by atoms with E-state index in [2.05, 4.69) is 16.0 Å². The van der Waals surface area contributed by atoms with Crippen molar-refractivity contribution in [3.63, 3.8) is 0 Å². The zero-order chi connectivity index (χ0) is 18.4. The summed E-state index contributed by atoms with van der Waals surface area (Å²) in [4.78, 5) is 0. The van der Waals surface area contributed by atoms with Crippen LogP contribution in [0.5, 0.6) is 0 Å². The second-order valence-electron chi connectivity index (χ2n) is 8.31. The zero-order valence-corrected chi connectivity index (χ0v) is 16.8. The van der Waals surface area contributed by atoms with Gasteiger partial charge >= 0.3 is 0 Å². The second kappa shape index (κ2) is 10.3. The Morgan fingerprint density at radius 3 is 2.00 bits per heavy atom. The first-order valence-corrected chi connectivity index (χ1v) is 10.6. The van der Waals surface area contributed by atoms with Crippen molar-refractivity contribution in [2.24, 2.45) is 0 Å². The number of methoxy groups -OCH3 is 3. The molecule has 3 rings (SSSR count). The number of piperidine rings is 1. The molecule has 2 saturated carbocycles. The fourth-order valence-electron chi connectivity index (χ4n) is 5.15. The third-order valence-electron chi connectivity index (χ3n) is 6.56. The minimum absolute atomic E-state index is 0.0167. The topological polar surface area (TPSA) is 63.8 Å². The highest BCUT2D eigenvalue weighted by atomic mass is 16.6. The molecule has 3 N–H and O–H groups in total. The van der Waals surface area contributed by atoms with Crippen LogP contribution in [-0.4, -0.2) is 70.5 Å². The first-order valence-electron chi connectivity index (χ1n) is 10.6. The highest BCUT2D eigenvalue weighted by Crippen LogP contribution is 2.27. The van der Waals surface area contributed by atoms with E-state index < -0.39 is 0 Å². The van der Waals surface area contributed by atoms with Crippen molar-refractivity contribution in [3.8, 4) is 0 Å². The molecule has 4 unspecified atom stereocenters. The van der Waals surface area contributed by atoms with E-state index in [4.69, 9.17) is 14.2 Å². The van der Waals surface area contributed by atoms with Gasteiger partial charge < -0.3 is 24.8 Å². The molecule has 0 amide bonds. The zero-order valence-electron chi connectivity index (χ0n) is 16.8. The highest BCUT2D eigenvalue weighted by molar-refractivity contribution is 4.94. The van der Waals surface area contributed by atoms with Crippen molar-refractivity contribution in [2.45, 2.75) is 100 Å². The first kappa shape index (κ1) is 20.5. The van der Waals surface area contributed by atoms with Crippen LogP contribution in [0.25, 0.3) is 0 Å². The SMILES string of the molecule is COC1CC(NC2CC(NC3CCCCC3)CCN2)CC(OC)C1OC. The Morgan fingerprint density at radius 1 is 0.692 bits per heavy atom. The van der Waals surface area contributed by atoms with E-state index >= 15 is 0 Å². The monoisotopic (exact) mass is 369 g/mol. The fraction of sp³-hybridized carbons (Fsp3) is 1.00. The summed E-state index contributed by atoms with van der Waals surface area (Å²) in [5.74, 6) is 0. The fourth-order valence-corrected chi connectivity index (χ4v) is 5.15. The van der Waals surface area contributed by atoms with Crippen LogP contribution in [0.15, 0.2) is 0 Å². The van der Waals surface area contributed by atoms with Gasteiger partial charge in [0.15, 0.2) is 0 Å². The molecular formula is C20H39N3O3. The molecule has 2 aliphatic carbocycles. The lowest BCUT2D eigenvalue weighted by atomic mass is 9.87. The van der Waals surface area contributed by atoms with Crippen molar-refractivity contribution in [2.75, 3.05) is 27.9 Å². The molecule has 0 radical (unpaired) electrons. The molecule has 1 saturated heterocycles. The molecule has 1 heterocycles. The molecule has 0 aromatic heterocycles. The van der Waals surface area contributed by atoms with Crippen LogP contribution in [0.3, 0.4) is 0 Å². The van der Waals surface area contributed by atoms with Crippen LogP contribution in [0, 0.1) is 0 Å². The second-order valence-corrected chi connectivity index (χ2v) is 8.31. The molecule has 4 atom stereocenters. The Kier molecular flexibility index (Phi) is 8.15. The number of hydrogen-bond donors (Lipinski definition) is 3. The van der Waals surface area contributed by atoms with Gasteiger partial charge in [-0.15, -0.1) is 0 Å². The minimum atomic E-state index is 0.0167.